The average molecular weight is 270 g/mol. The standard InChI is InChI=1S/C17H22N2O/c1-11-7-6-8-15(13(11)3)19-10-14(17(4,5)18)16(20)9-12(19)2/h6-10H,18H2,1-5H3. The molecule has 0 saturated heterocycles. The van der Waals surface area contributed by atoms with E-state index in [1.807, 2.05) is 37.6 Å². The molecule has 106 valence electrons. The Morgan fingerprint density at radius 2 is 1.80 bits per heavy atom. The van der Waals surface area contributed by atoms with Crippen LogP contribution in [0.1, 0.15) is 36.2 Å². The van der Waals surface area contributed by atoms with E-state index in [0.717, 1.165) is 11.4 Å². The van der Waals surface area contributed by atoms with E-state index in [9.17, 15) is 4.79 Å². The van der Waals surface area contributed by atoms with Gasteiger partial charge in [-0.15, -0.1) is 0 Å². The number of nitrogens with zero attached hydrogens (tertiary/aromatic N) is 1. The number of aromatic nitrogens is 1. The number of nitrogens with two attached hydrogens (primary N) is 1. The van der Waals surface area contributed by atoms with Crippen molar-refractivity contribution in [3.05, 3.63) is 63.1 Å². The predicted molar refractivity (Wildman–Crippen MR) is 83.5 cm³/mol. The molecule has 0 spiro atoms. The first-order valence-electron chi connectivity index (χ1n) is 6.81. The fourth-order valence-electron chi connectivity index (χ4n) is 2.37. The zero-order chi connectivity index (χ0) is 15.1. The summed E-state index contributed by atoms with van der Waals surface area (Å²) in [4.78, 5) is 12.1. The van der Waals surface area contributed by atoms with Gasteiger partial charge in [0.15, 0.2) is 5.43 Å². The zero-order valence-corrected chi connectivity index (χ0v) is 12.8. The number of aryl methyl sites for hydroxylation is 2. The van der Waals surface area contributed by atoms with Crippen LogP contribution in [0.5, 0.6) is 0 Å². The van der Waals surface area contributed by atoms with E-state index in [4.69, 9.17) is 5.73 Å². The summed E-state index contributed by atoms with van der Waals surface area (Å²) < 4.78 is 2.05. The van der Waals surface area contributed by atoms with Crippen LogP contribution in [0, 0.1) is 20.8 Å². The summed E-state index contributed by atoms with van der Waals surface area (Å²) in [5, 5.41) is 0. The molecule has 2 aromatic rings. The van der Waals surface area contributed by atoms with Crippen molar-refractivity contribution in [2.75, 3.05) is 0 Å². The maximum Gasteiger partial charge on any atom is 0.186 e. The van der Waals surface area contributed by atoms with Gasteiger partial charge in [0.1, 0.15) is 0 Å². The molecule has 0 radical (unpaired) electrons. The van der Waals surface area contributed by atoms with Crippen LogP contribution in [-0.4, -0.2) is 4.57 Å². The molecule has 0 aliphatic rings. The molecule has 0 bridgehead atoms. The van der Waals surface area contributed by atoms with Crippen LogP contribution in [0.2, 0.25) is 0 Å². The van der Waals surface area contributed by atoms with Gasteiger partial charge in [0.2, 0.25) is 0 Å². The van der Waals surface area contributed by atoms with Gasteiger partial charge in [0.25, 0.3) is 0 Å². The Balaban J connectivity index is 2.75. The Morgan fingerprint density at radius 3 is 2.40 bits per heavy atom. The third-order valence-electron chi connectivity index (χ3n) is 3.77. The molecule has 1 aromatic carbocycles. The fraction of sp³-hybridized carbons (Fsp3) is 0.353. The molecule has 1 aromatic heterocycles. The predicted octanol–water partition coefficient (Wildman–Crippen LogP) is 2.96. The highest BCUT2D eigenvalue weighted by Gasteiger charge is 2.19. The van der Waals surface area contributed by atoms with E-state index >= 15 is 0 Å². The van der Waals surface area contributed by atoms with E-state index in [0.29, 0.717) is 5.56 Å². The summed E-state index contributed by atoms with van der Waals surface area (Å²) >= 11 is 0. The molecule has 0 aliphatic heterocycles. The highest BCUT2D eigenvalue weighted by Crippen LogP contribution is 2.21. The molecule has 2 rings (SSSR count). The SMILES string of the molecule is Cc1cccc(-n2cc(C(C)(C)N)c(=O)cc2C)c1C. The number of hydrogen-bond donors (Lipinski definition) is 1. The van der Waals surface area contributed by atoms with E-state index in [1.165, 1.54) is 11.1 Å². The van der Waals surface area contributed by atoms with Crippen LogP contribution in [0.3, 0.4) is 0 Å². The molecule has 3 heteroatoms. The second-order valence-corrected chi connectivity index (χ2v) is 6.00. The summed E-state index contributed by atoms with van der Waals surface area (Å²) in [6.45, 7) is 9.83. The van der Waals surface area contributed by atoms with Crippen LogP contribution in [0.25, 0.3) is 5.69 Å². The van der Waals surface area contributed by atoms with Crippen LogP contribution in [0.15, 0.2) is 35.3 Å². The van der Waals surface area contributed by atoms with E-state index in [-0.39, 0.29) is 5.43 Å². The Labute approximate surface area is 120 Å². The summed E-state index contributed by atoms with van der Waals surface area (Å²) in [6.07, 6.45) is 1.87. The smallest absolute Gasteiger partial charge is 0.186 e. The molecule has 0 amide bonds. The van der Waals surface area contributed by atoms with Crippen molar-refractivity contribution in [1.82, 2.24) is 4.57 Å². The van der Waals surface area contributed by atoms with Crippen molar-refractivity contribution < 1.29 is 0 Å². The third-order valence-corrected chi connectivity index (χ3v) is 3.77. The van der Waals surface area contributed by atoms with Crippen LogP contribution < -0.4 is 11.2 Å². The monoisotopic (exact) mass is 270 g/mol. The molecule has 1 heterocycles. The second-order valence-electron chi connectivity index (χ2n) is 6.00. The largest absolute Gasteiger partial charge is 0.322 e. The fourth-order valence-corrected chi connectivity index (χ4v) is 2.37. The first kappa shape index (κ1) is 14.5. The first-order valence-corrected chi connectivity index (χ1v) is 6.81. The van der Waals surface area contributed by atoms with Gasteiger partial charge in [-0.25, -0.2) is 0 Å². The van der Waals surface area contributed by atoms with Gasteiger partial charge in [0.05, 0.1) is 0 Å². The number of pyridine rings is 1. The maximum atomic E-state index is 12.1. The topological polar surface area (TPSA) is 48.0 Å². The van der Waals surface area contributed by atoms with Crippen LogP contribution in [0.4, 0.5) is 0 Å². The number of benzene rings is 1. The van der Waals surface area contributed by atoms with Crippen molar-refractivity contribution in [3.63, 3.8) is 0 Å². The van der Waals surface area contributed by atoms with Crippen molar-refractivity contribution in [2.24, 2.45) is 5.73 Å². The lowest BCUT2D eigenvalue weighted by atomic mass is 9.96. The lowest BCUT2D eigenvalue weighted by Crippen LogP contribution is -2.35. The Hall–Kier alpha value is -1.87. The molecule has 0 unspecified atom stereocenters. The van der Waals surface area contributed by atoms with Crippen molar-refractivity contribution in [3.8, 4) is 5.69 Å². The first-order chi connectivity index (χ1) is 9.21. The molecular formula is C17H22N2O. The van der Waals surface area contributed by atoms with Crippen LogP contribution in [-0.2, 0) is 5.54 Å². The van der Waals surface area contributed by atoms with Crippen molar-refractivity contribution in [1.29, 1.82) is 0 Å². The molecule has 20 heavy (non-hydrogen) atoms. The molecule has 0 atom stereocenters. The zero-order valence-electron chi connectivity index (χ0n) is 12.8. The summed E-state index contributed by atoms with van der Waals surface area (Å²) in [6, 6.07) is 7.84. The highest BCUT2D eigenvalue weighted by molar-refractivity contribution is 5.46. The van der Waals surface area contributed by atoms with E-state index < -0.39 is 5.54 Å². The van der Waals surface area contributed by atoms with E-state index in [1.54, 1.807) is 6.07 Å². The number of rotatable bonds is 2. The van der Waals surface area contributed by atoms with Gasteiger partial charge >= 0.3 is 0 Å². The quantitative estimate of drug-likeness (QED) is 0.912. The van der Waals surface area contributed by atoms with Gasteiger partial charge in [0, 0.05) is 34.7 Å². The van der Waals surface area contributed by atoms with Gasteiger partial charge in [-0.05, 0) is 51.8 Å². The Bertz CT molecular complexity index is 706. The number of hydrogen-bond acceptors (Lipinski definition) is 2. The minimum Gasteiger partial charge on any atom is -0.322 e. The second kappa shape index (κ2) is 4.91. The molecule has 0 saturated carbocycles. The van der Waals surface area contributed by atoms with Crippen LogP contribution >= 0.6 is 0 Å². The Morgan fingerprint density at radius 1 is 1.15 bits per heavy atom. The minimum atomic E-state index is -0.649. The molecule has 3 nitrogen and oxygen atoms in total. The van der Waals surface area contributed by atoms with Gasteiger partial charge in [-0.2, -0.15) is 0 Å². The third kappa shape index (κ3) is 2.54. The minimum absolute atomic E-state index is 0.00319. The van der Waals surface area contributed by atoms with Gasteiger partial charge in [-0.1, -0.05) is 12.1 Å². The van der Waals surface area contributed by atoms with E-state index in [2.05, 4.69) is 26.0 Å². The summed E-state index contributed by atoms with van der Waals surface area (Å²) in [7, 11) is 0. The molecule has 2 N–H and O–H groups in total. The maximum absolute atomic E-state index is 12.1. The molecule has 0 fully saturated rings. The van der Waals surface area contributed by atoms with Crippen molar-refractivity contribution >= 4 is 0 Å². The lowest BCUT2D eigenvalue weighted by Gasteiger charge is -2.22. The summed E-state index contributed by atoms with van der Waals surface area (Å²) in [5.41, 5.74) is 10.5. The van der Waals surface area contributed by atoms with Gasteiger partial charge in [-0.3, -0.25) is 4.79 Å². The lowest BCUT2D eigenvalue weighted by molar-refractivity contribution is 0.544. The van der Waals surface area contributed by atoms with Crippen molar-refractivity contribution in [2.45, 2.75) is 40.2 Å². The molecular weight excluding hydrogens is 248 g/mol. The normalized spacial score (nSPS) is 11.7. The molecule has 0 aliphatic carbocycles. The van der Waals surface area contributed by atoms with Gasteiger partial charge < -0.3 is 10.3 Å². The summed E-state index contributed by atoms with van der Waals surface area (Å²) in [5.74, 6) is 0. The highest BCUT2D eigenvalue weighted by atomic mass is 16.1. The average Bonchev–Trinajstić information content (AvgIpc) is 2.32. The Kier molecular flexibility index (Phi) is 3.57.